The lowest BCUT2D eigenvalue weighted by Gasteiger charge is -2.27. The summed E-state index contributed by atoms with van der Waals surface area (Å²) in [5, 5.41) is 0. The molecule has 3 heteroatoms. The zero-order valence-electron chi connectivity index (χ0n) is 10.7. The summed E-state index contributed by atoms with van der Waals surface area (Å²) in [5.74, 6) is 0.244. The average molecular weight is 215 g/mol. The fourth-order valence-corrected chi connectivity index (χ4v) is 1.20. The van der Waals surface area contributed by atoms with Gasteiger partial charge in [-0.3, -0.25) is 4.79 Å². The molecule has 0 aromatic heterocycles. The second-order valence-electron chi connectivity index (χ2n) is 5.52. The zero-order chi connectivity index (χ0) is 12.1. The normalized spacial score (nSPS) is 12.9. The lowest BCUT2D eigenvalue weighted by atomic mass is 9.87. The predicted molar refractivity (Wildman–Crippen MR) is 62.7 cm³/mol. The molecule has 0 saturated carbocycles. The minimum atomic E-state index is -0.376. The van der Waals surface area contributed by atoms with Crippen molar-refractivity contribution in [3.8, 4) is 0 Å². The van der Waals surface area contributed by atoms with Crippen LogP contribution in [0.5, 0.6) is 0 Å². The molecule has 3 nitrogen and oxygen atoms in total. The molecular weight excluding hydrogens is 190 g/mol. The Morgan fingerprint density at radius 1 is 1.20 bits per heavy atom. The number of nitrogens with two attached hydrogens (primary N) is 1. The van der Waals surface area contributed by atoms with E-state index in [-0.39, 0.29) is 16.6 Å². The smallest absolute Gasteiger partial charge is 0.140 e. The number of ether oxygens (including phenoxy) is 1. The van der Waals surface area contributed by atoms with E-state index in [1.807, 2.05) is 20.8 Å². The first-order chi connectivity index (χ1) is 6.75. The Kier molecular flexibility index (Phi) is 5.46. The molecule has 0 spiro atoms. The molecule has 0 unspecified atom stereocenters. The Labute approximate surface area is 93.4 Å². The highest BCUT2D eigenvalue weighted by Gasteiger charge is 2.27. The first-order valence-electron chi connectivity index (χ1n) is 5.56. The molecule has 0 rings (SSSR count). The Balaban J connectivity index is 4.00. The van der Waals surface area contributed by atoms with Crippen LogP contribution in [-0.2, 0) is 9.53 Å². The molecule has 90 valence electrons. The van der Waals surface area contributed by atoms with Gasteiger partial charge in [0.05, 0.1) is 13.2 Å². The maximum Gasteiger partial charge on any atom is 0.140 e. The summed E-state index contributed by atoms with van der Waals surface area (Å²) in [6, 6.07) is 0. The molecule has 2 N–H and O–H groups in total. The number of rotatable bonds is 7. The van der Waals surface area contributed by atoms with E-state index < -0.39 is 0 Å². The van der Waals surface area contributed by atoms with E-state index in [1.165, 1.54) is 0 Å². The molecule has 0 aromatic rings. The van der Waals surface area contributed by atoms with Crippen LogP contribution in [0.2, 0.25) is 0 Å². The molecule has 0 amide bonds. The fraction of sp³-hybridized carbons (Fsp3) is 0.917. The third-order valence-electron chi connectivity index (χ3n) is 2.58. The van der Waals surface area contributed by atoms with Gasteiger partial charge in [0.25, 0.3) is 0 Å². The van der Waals surface area contributed by atoms with Gasteiger partial charge >= 0.3 is 0 Å². The zero-order valence-corrected chi connectivity index (χ0v) is 10.7. The standard InChI is InChI=1S/C12H25NO2/c1-6-10(14)12(4,5)9-15-8-11(2,3)7-13/h6-9,13H2,1-5H3. The molecule has 0 heterocycles. The van der Waals surface area contributed by atoms with Gasteiger partial charge in [-0.05, 0) is 6.54 Å². The van der Waals surface area contributed by atoms with Crippen LogP contribution in [0.15, 0.2) is 0 Å². The van der Waals surface area contributed by atoms with Crippen LogP contribution in [0, 0.1) is 10.8 Å². The van der Waals surface area contributed by atoms with E-state index in [4.69, 9.17) is 10.5 Å². The Bertz CT molecular complexity index is 210. The lowest BCUT2D eigenvalue weighted by molar-refractivity contribution is -0.130. The fourth-order valence-electron chi connectivity index (χ4n) is 1.20. The van der Waals surface area contributed by atoms with Gasteiger partial charge in [-0.25, -0.2) is 0 Å². The third kappa shape index (κ3) is 5.28. The Morgan fingerprint density at radius 2 is 1.73 bits per heavy atom. The van der Waals surface area contributed by atoms with E-state index in [2.05, 4.69) is 13.8 Å². The van der Waals surface area contributed by atoms with Gasteiger partial charge in [-0.1, -0.05) is 34.6 Å². The van der Waals surface area contributed by atoms with Crippen molar-refractivity contribution in [1.82, 2.24) is 0 Å². The summed E-state index contributed by atoms with van der Waals surface area (Å²) < 4.78 is 5.58. The predicted octanol–water partition coefficient (Wildman–Crippen LogP) is 1.99. The van der Waals surface area contributed by atoms with E-state index in [0.717, 1.165) is 0 Å². The Morgan fingerprint density at radius 3 is 2.13 bits per heavy atom. The van der Waals surface area contributed by atoms with Crippen molar-refractivity contribution in [2.45, 2.75) is 41.0 Å². The first-order valence-corrected chi connectivity index (χ1v) is 5.56. The number of carbonyl (C=O) groups excluding carboxylic acids is 1. The van der Waals surface area contributed by atoms with Crippen molar-refractivity contribution in [2.75, 3.05) is 19.8 Å². The van der Waals surface area contributed by atoms with Crippen molar-refractivity contribution < 1.29 is 9.53 Å². The summed E-state index contributed by atoms with van der Waals surface area (Å²) >= 11 is 0. The highest BCUT2D eigenvalue weighted by Crippen LogP contribution is 2.21. The van der Waals surface area contributed by atoms with Crippen molar-refractivity contribution >= 4 is 5.78 Å². The SMILES string of the molecule is CCC(=O)C(C)(C)COCC(C)(C)CN. The quantitative estimate of drug-likeness (QED) is 0.706. The lowest BCUT2D eigenvalue weighted by Crippen LogP contribution is -2.34. The monoisotopic (exact) mass is 215 g/mol. The number of ketones is 1. The molecular formula is C12H25NO2. The average Bonchev–Trinajstić information content (AvgIpc) is 2.16. The second kappa shape index (κ2) is 5.61. The molecule has 0 atom stereocenters. The minimum absolute atomic E-state index is 0.00859. The van der Waals surface area contributed by atoms with Gasteiger partial charge in [0.15, 0.2) is 0 Å². The second-order valence-corrected chi connectivity index (χ2v) is 5.52. The third-order valence-corrected chi connectivity index (χ3v) is 2.58. The van der Waals surface area contributed by atoms with Gasteiger partial charge in [0.1, 0.15) is 5.78 Å². The summed E-state index contributed by atoms with van der Waals surface area (Å²) in [5.41, 5.74) is 5.21. The molecule has 0 aliphatic heterocycles. The van der Waals surface area contributed by atoms with Crippen LogP contribution in [0.1, 0.15) is 41.0 Å². The van der Waals surface area contributed by atoms with Crippen LogP contribution in [0.3, 0.4) is 0 Å². The highest BCUT2D eigenvalue weighted by atomic mass is 16.5. The number of Topliss-reactive ketones (excluding diaryl/α,β-unsaturated/α-hetero) is 1. The van der Waals surface area contributed by atoms with E-state index in [9.17, 15) is 4.79 Å². The molecule has 0 radical (unpaired) electrons. The van der Waals surface area contributed by atoms with Crippen LogP contribution in [0.4, 0.5) is 0 Å². The highest BCUT2D eigenvalue weighted by molar-refractivity contribution is 5.83. The van der Waals surface area contributed by atoms with Crippen LogP contribution in [0.25, 0.3) is 0 Å². The van der Waals surface area contributed by atoms with Crippen LogP contribution in [-0.4, -0.2) is 25.5 Å². The molecule has 0 aliphatic carbocycles. The van der Waals surface area contributed by atoms with Crippen molar-refractivity contribution in [2.24, 2.45) is 16.6 Å². The molecule has 15 heavy (non-hydrogen) atoms. The summed E-state index contributed by atoms with van der Waals surface area (Å²) in [7, 11) is 0. The number of carbonyl (C=O) groups is 1. The van der Waals surface area contributed by atoms with E-state index in [1.54, 1.807) is 0 Å². The molecule has 0 saturated heterocycles. The number of hydrogen-bond acceptors (Lipinski definition) is 3. The first kappa shape index (κ1) is 14.6. The molecule has 0 fully saturated rings. The molecule has 0 bridgehead atoms. The van der Waals surface area contributed by atoms with Crippen LogP contribution >= 0.6 is 0 Å². The molecule has 0 aromatic carbocycles. The summed E-state index contributed by atoms with van der Waals surface area (Å²) in [6.07, 6.45) is 0.566. The largest absolute Gasteiger partial charge is 0.380 e. The van der Waals surface area contributed by atoms with Crippen LogP contribution < -0.4 is 5.73 Å². The summed E-state index contributed by atoms with van der Waals surface area (Å²) in [6.45, 7) is 11.5. The van der Waals surface area contributed by atoms with Gasteiger partial charge in [0, 0.05) is 17.3 Å². The number of hydrogen-bond donors (Lipinski definition) is 1. The Hall–Kier alpha value is -0.410. The van der Waals surface area contributed by atoms with Gasteiger partial charge in [0.2, 0.25) is 0 Å². The molecule has 0 aliphatic rings. The van der Waals surface area contributed by atoms with Crippen molar-refractivity contribution in [3.05, 3.63) is 0 Å². The van der Waals surface area contributed by atoms with Crippen molar-refractivity contribution in [3.63, 3.8) is 0 Å². The minimum Gasteiger partial charge on any atom is -0.380 e. The van der Waals surface area contributed by atoms with Gasteiger partial charge in [-0.2, -0.15) is 0 Å². The van der Waals surface area contributed by atoms with Gasteiger partial charge in [-0.15, -0.1) is 0 Å². The van der Waals surface area contributed by atoms with Crippen molar-refractivity contribution in [1.29, 1.82) is 0 Å². The maximum atomic E-state index is 11.6. The summed E-state index contributed by atoms with van der Waals surface area (Å²) in [4.78, 5) is 11.6. The topological polar surface area (TPSA) is 52.3 Å². The van der Waals surface area contributed by atoms with E-state index >= 15 is 0 Å². The van der Waals surface area contributed by atoms with Gasteiger partial charge < -0.3 is 10.5 Å². The maximum absolute atomic E-state index is 11.6. The van der Waals surface area contributed by atoms with E-state index in [0.29, 0.717) is 26.2 Å².